The average molecular weight is 245 g/mol. The van der Waals surface area contributed by atoms with E-state index in [1.165, 1.54) is 6.33 Å². The van der Waals surface area contributed by atoms with Gasteiger partial charge in [-0.25, -0.2) is 9.97 Å². The molecule has 1 N–H and O–H groups in total. The maximum atomic E-state index is 10.4. The van der Waals surface area contributed by atoms with Crippen LogP contribution in [-0.4, -0.2) is 21.0 Å². The van der Waals surface area contributed by atoms with Crippen LogP contribution in [0.2, 0.25) is 0 Å². The van der Waals surface area contributed by atoms with E-state index in [2.05, 4.69) is 25.9 Å². The summed E-state index contributed by atoms with van der Waals surface area (Å²) >= 11 is 3.27. The van der Waals surface area contributed by atoms with Crippen LogP contribution in [0.1, 0.15) is 25.0 Å². The molecule has 0 spiro atoms. The quantitative estimate of drug-likeness (QED) is 0.882. The molecule has 1 unspecified atom stereocenters. The maximum Gasteiger partial charge on any atom is 0.304 e. The van der Waals surface area contributed by atoms with Crippen LogP contribution in [0.4, 0.5) is 0 Å². The Balaban J connectivity index is 2.82. The van der Waals surface area contributed by atoms with Crippen molar-refractivity contribution in [2.45, 2.75) is 19.3 Å². The molecule has 1 aromatic rings. The molecule has 0 radical (unpaired) electrons. The Hall–Kier alpha value is -0.970. The van der Waals surface area contributed by atoms with E-state index in [9.17, 15) is 4.79 Å². The fourth-order valence-electron chi connectivity index (χ4n) is 1.04. The number of hydrogen-bond donors (Lipinski definition) is 1. The Labute approximate surface area is 84.2 Å². The molecule has 0 aliphatic heterocycles. The molecule has 0 amide bonds. The van der Waals surface area contributed by atoms with E-state index in [0.29, 0.717) is 0 Å². The van der Waals surface area contributed by atoms with Crippen molar-refractivity contribution in [2.24, 2.45) is 0 Å². The number of nitrogens with zero attached hydrogens (tertiary/aromatic N) is 2. The summed E-state index contributed by atoms with van der Waals surface area (Å²) in [4.78, 5) is 18.2. The summed E-state index contributed by atoms with van der Waals surface area (Å²) in [6.45, 7) is 1.82. The molecule has 0 bridgehead atoms. The van der Waals surface area contributed by atoms with Crippen LogP contribution in [-0.2, 0) is 4.79 Å². The van der Waals surface area contributed by atoms with Crippen molar-refractivity contribution in [1.82, 2.24) is 9.97 Å². The largest absolute Gasteiger partial charge is 0.481 e. The van der Waals surface area contributed by atoms with Gasteiger partial charge in [0.2, 0.25) is 0 Å². The summed E-state index contributed by atoms with van der Waals surface area (Å²) in [6, 6.07) is 0. The van der Waals surface area contributed by atoms with Gasteiger partial charge >= 0.3 is 5.97 Å². The van der Waals surface area contributed by atoms with E-state index in [1.54, 1.807) is 6.20 Å². The zero-order valence-corrected chi connectivity index (χ0v) is 8.65. The Morgan fingerprint density at radius 1 is 1.77 bits per heavy atom. The molecule has 0 aromatic carbocycles. The van der Waals surface area contributed by atoms with Gasteiger partial charge in [0.15, 0.2) is 0 Å². The van der Waals surface area contributed by atoms with E-state index in [1.807, 2.05) is 6.92 Å². The minimum absolute atomic E-state index is 0.0790. The SMILES string of the molecule is CC(CC(=O)O)c1ncncc1Br. The van der Waals surface area contributed by atoms with Crippen molar-refractivity contribution in [2.75, 3.05) is 0 Å². The molecule has 0 aliphatic carbocycles. The standard InChI is InChI=1S/C8H9BrN2O2/c1-5(2-7(12)13)8-6(9)3-10-4-11-8/h3-5H,2H2,1H3,(H,12,13). The fraction of sp³-hybridized carbons (Fsp3) is 0.375. The van der Waals surface area contributed by atoms with Gasteiger partial charge in [-0.3, -0.25) is 4.79 Å². The predicted octanol–water partition coefficient (Wildman–Crippen LogP) is 1.82. The Kier molecular flexibility index (Phi) is 3.36. The summed E-state index contributed by atoms with van der Waals surface area (Å²) in [5.41, 5.74) is 0.734. The van der Waals surface area contributed by atoms with Crippen LogP contribution in [0.5, 0.6) is 0 Å². The van der Waals surface area contributed by atoms with Crippen LogP contribution >= 0.6 is 15.9 Å². The van der Waals surface area contributed by atoms with Crippen molar-refractivity contribution < 1.29 is 9.90 Å². The van der Waals surface area contributed by atoms with Crippen LogP contribution in [0.3, 0.4) is 0 Å². The molecule has 13 heavy (non-hydrogen) atoms. The zero-order valence-electron chi connectivity index (χ0n) is 7.07. The topological polar surface area (TPSA) is 63.1 Å². The summed E-state index contributed by atoms with van der Waals surface area (Å²) in [6.07, 6.45) is 3.11. The number of carbonyl (C=O) groups is 1. The number of aromatic nitrogens is 2. The summed E-state index contributed by atoms with van der Waals surface area (Å²) < 4.78 is 0.753. The third-order valence-corrected chi connectivity index (χ3v) is 2.25. The zero-order chi connectivity index (χ0) is 9.84. The Morgan fingerprint density at radius 2 is 2.46 bits per heavy atom. The first-order chi connectivity index (χ1) is 6.11. The number of carboxylic acids is 1. The molecule has 0 aliphatic rings. The minimum atomic E-state index is -0.821. The molecular weight excluding hydrogens is 236 g/mol. The maximum absolute atomic E-state index is 10.4. The average Bonchev–Trinajstić information content (AvgIpc) is 2.03. The second-order valence-electron chi connectivity index (χ2n) is 2.75. The molecule has 0 fully saturated rings. The molecule has 4 nitrogen and oxygen atoms in total. The molecule has 1 rings (SSSR count). The molecule has 1 heterocycles. The number of aliphatic carboxylic acids is 1. The molecule has 0 saturated carbocycles. The number of hydrogen-bond acceptors (Lipinski definition) is 3. The van der Waals surface area contributed by atoms with Gasteiger partial charge in [0.05, 0.1) is 16.6 Å². The summed E-state index contributed by atoms with van der Waals surface area (Å²) in [5, 5.41) is 8.58. The molecule has 0 saturated heterocycles. The third kappa shape index (κ3) is 2.77. The number of rotatable bonds is 3. The fourth-order valence-corrected chi connectivity index (χ4v) is 1.65. The van der Waals surface area contributed by atoms with Crippen molar-refractivity contribution >= 4 is 21.9 Å². The number of halogens is 1. The van der Waals surface area contributed by atoms with E-state index >= 15 is 0 Å². The summed E-state index contributed by atoms with van der Waals surface area (Å²) in [5.74, 6) is -0.923. The van der Waals surface area contributed by atoms with Crippen LogP contribution < -0.4 is 0 Å². The highest BCUT2D eigenvalue weighted by molar-refractivity contribution is 9.10. The molecular formula is C8H9BrN2O2. The Morgan fingerprint density at radius 3 is 3.00 bits per heavy atom. The normalized spacial score (nSPS) is 12.5. The van der Waals surface area contributed by atoms with Gasteiger partial charge < -0.3 is 5.11 Å². The first kappa shape index (κ1) is 10.1. The van der Waals surface area contributed by atoms with Gasteiger partial charge in [0.1, 0.15) is 6.33 Å². The third-order valence-electron chi connectivity index (χ3n) is 1.64. The summed E-state index contributed by atoms with van der Waals surface area (Å²) in [7, 11) is 0. The first-order valence-corrected chi connectivity index (χ1v) is 4.57. The highest BCUT2D eigenvalue weighted by Gasteiger charge is 2.13. The van der Waals surface area contributed by atoms with Crippen LogP contribution in [0, 0.1) is 0 Å². The molecule has 1 atom stereocenters. The second-order valence-corrected chi connectivity index (χ2v) is 3.61. The van der Waals surface area contributed by atoms with Gasteiger partial charge in [0.25, 0.3) is 0 Å². The van der Waals surface area contributed by atoms with Crippen molar-refractivity contribution in [3.63, 3.8) is 0 Å². The second kappa shape index (κ2) is 4.32. The lowest BCUT2D eigenvalue weighted by molar-refractivity contribution is -0.137. The first-order valence-electron chi connectivity index (χ1n) is 3.78. The van der Waals surface area contributed by atoms with Crippen molar-refractivity contribution in [3.05, 3.63) is 22.7 Å². The molecule has 1 aromatic heterocycles. The van der Waals surface area contributed by atoms with E-state index in [0.717, 1.165) is 10.2 Å². The minimum Gasteiger partial charge on any atom is -0.481 e. The highest BCUT2D eigenvalue weighted by atomic mass is 79.9. The van der Waals surface area contributed by atoms with Gasteiger partial charge in [-0.05, 0) is 15.9 Å². The molecule has 70 valence electrons. The molecule has 5 heteroatoms. The van der Waals surface area contributed by atoms with E-state index in [-0.39, 0.29) is 12.3 Å². The van der Waals surface area contributed by atoms with Crippen LogP contribution in [0.25, 0.3) is 0 Å². The van der Waals surface area contributed by atoms with Crippen molar-refractivity contribution in [1.29, 1.82) is 0 Å². The van der Waals surface area contributed by atoms with Gasteiger partial charge in [-0.1, -0.05) is 6.92 Å². The number of carboxylic acid groups (broad SMARTS) is 1. The van der Waals surface area contributed by atoms with Crippen molar-refractivity contribution in [3.8, 4) is 0 Å². The lowest BCUT2D eigenvalue weighted by Gasteiger charge is -2.08. The van der Waals surface area contributed by atoms with Gasteiger partial charge in [-0.15, -0.1) is 0 Å². The van der Waals surface area contributed by atoms with Gasteiger partial charge in [-0.2, -0.15) is 0 Å². The lowest BCUT2D eigenvalue weighted by atomic mass is 10.0. The smallest absolute Gasteiger partial charge is 0.304 e. The van der Waals surface area contributed by atoms with E-state index in [4.69, 9.17) is 5.11 Å². The van der Waals surface area contributed by atoms with E-state index < -0.39 is 5.97 Å². The lowest BCUT2D eigenvalue weighted by Crippen LogP contribution is -2.05. The Bertz CT molecular complexity index is 317. The monoisotopic (exact) mass is 244 g/mol. The van der Waals surface area contributed by atoms with Gasteiger partial charge in [0, 0.05) is 12.1 Å². The van der Waals surface area contributed by atoms with Crippen LogP contribution in [0.15, 0.2) is 17.0 Å². The predicted molar refractivity (Wildman–Crippen MR) is 50.4 cm³/mol. The highest BCUT2D eigenvalue weighted by Crippen LogP contribution is 2.23.